The van der Waals surface area contributed by atoms with Gasteiger partial charge in [-0.15, -0.1) is 6.58 Å². The summed E-state index contributed by atoms with van der Waals surface area (Å²) in [6.45, 7) is 3.96. The van der Waals surface area contributed by atoms with Crippen LogP contribution >= 0.6 is 0 Å². The molecule has 0 bridgehead atoms. The van der Waals surface area contributed by atoms with Gasteiger partial charge < -0.3 is 0 Å². The number of halogens is 2. The van der Waals surface area contributed by atoms with Gasteiger partial charge in [0.2, 0.25) is 0 Å². The zero-order valence-electron chi connectivity index (χ0n) is 16.5. The molecule has 0 radical (unpaired) electrons. The van der Waals surface area contributed by atoms with Gasteiger partial charge in [-0.25, -0.2) is 8.78 Å². The fraction of sp³-hybridized carbons (Fsp3) is 0.462. The zero-order valence-corrected chi connectivity index (χ0v) is 16.5. The molecule has 0 saturated heterocycles. The molecule has 2 aliphatic rings. The molecule has 2 aromatic rings. The first-order valence-corrected chi connectivity index (χ1v) is 10.8. The molecule has 2 heteroatoms. The highest BCUT2D eigenvalue weighted by atomic mass is 19.2. The molecule has 4 rings (SSSR count). The molecule has 2 saturated carbocycles. The van der Waals surface area contributed by atoms with Gasteiger partial charge in [0.1, 0.15) is 0 Å². The van der Waals surface area contributed by atoms with Crippen molar-refractivity contribution in [2.24, 2.45) is 17.8 Å². The summed E-state index contributed by atoms with van der Waals surface area (Å²) in [4.78, 5) is 0. The van der Waals surface area contributed by atoms with Gasteiger partial charge in [0.15, 0.2) is 11.6 Å². The van der Waals surface area contributed by atoms with E-state index >= 15 is 0 Å². The van der Waals surface area contributed by atoms with Crippen LogP contribution in [0.1, 0.15) is 62.8 Å². The first-order valence-electron chi connectivity index (χ1n) is 10.8. The van der Waals surface area contributed by atoms with Gasteiger partial charge in [-0.2, -0.15) is 0 Å². The van der Waals surface area contributed by atoms with E-state index in [0.29, 0.717) is 5.92 Å². The Kier molecular flexibility index (Phi) is 5.94. The van der Waals surface area contributed by atoms with Crippen molar-refractivity contribution in [2.75, 3.05) is 0 Å². The molecule has 2 aliphatic carbocycles. The molecule has 0 spiro atoms. The van der Waals surface area contributed by atoms with E-state index in [-0.39, 0.29) is 0 Å². The topological polar surface area (TPSA) is 0 Å². The minimum atomic E-state index is -0.796. The minimum absolute atomic E-state index is 0.639. The standard InChI is InChI=1S/C26H30F2/c1-2-18-3-5-19(6-4-18)20-7-9-21(10-8-20)22-11-13-23(14-12-22)24-15-16-25(27)26(28)17-24/h2,11-21H,1,3-10H2. The second kappa shape index (κ2) is 8.59. The highest BCUT2D eigenvalue weighted by Crippen LogP contribution is 2.44. The van der Waals surface area contributed by atoms with Gasteiger partial charge in [0.05, 0.1) is 0 Å². The second-order valence-corrected chi connectivity index (χ2v) is 8.77. The Hall–Kier alpha value is -1.96. The van der Waals surface area contributed by atoms with E-state index < -0.39 is 11.6 Å². The molecule has 2 aromatic carbocycles. The number of benzene rings is 2. The van der Waals surface area contributed by atoms with E-state index in [0.717, 1.165) is 28.9 Å². The summed E-state index contributed by atoms with van der Waals surface area (Å²) in [6, 6.07) is 12.6. The molecule has 0 unspecified atom stereocenters. The molecule has 148 valence electrons. The number of hydrogen-bond acceptors (Lipinski definition) is 0. The number of hydrogen-bond donors (Lipinski definition) is 0. The van der Waals surface area contributed by atoms with Gasteiger partial charge in [-0.05, 0) is 104 Å². The average molecular weight is 381 g/mol. The lowest BCUT2D eigenvalue weighted by atomic mass is 9.68. The first-order chi connectivity index (χ1) is 13.6. The van der Waals surface area contributed by atoms with Crippen LogP contribution in [-0.4, -0.2) is 0 Å². The quantitative estimate of drug-likeness (QED) is 0.473. The van der Waals surface area contributed by atoms with Gasteiger partial charge in [0.25, 0.3) is 0 Å². The van der Waals surface area contributed by atoms with Crippen LogP contribution in [0, 0.1) is 29.4 Å². The summed E-state index contributed by atoms with van der Waals surface area (Å²) in [5.74, 6) is 1.63. The Balaban J connectivity index is 1.34. The third-order valence-electron chi connectivity index (χ3n) is 7.22. The molecule has 2 fully saturated rings. The number of rotatable bonds is 4. The van der Waals surface area contributed by atoms with Crippen LogP contribution in [0.4, 0.5) is 8.78 Å². The molecule has 0 aliphatic heterocycles. The summed E-state index contributed by atoms with van der Waals surface area (Å²) in [5.41, 5.74) is 3.06. The molecule has 0 heterocycles. The van der Waals surface area contributed by atoms with Crippen molar-refractivity contribution in [2.45, 2.75) is 57.3 Å². The van der Waals surface area contributed by atoms with Crippen molar-refractivity contribution in [3.05, 3.63) is 72.3 Å². The molecule has 0 N–H and O–H groups in total. The van der Waals surface area contributed by atoms with E-state index in [1.807, 2.05) is 12.1 Å². The van der Waals surface area contributed by atoms with E-state index in [9.17, 15) is 8.78 Å². The predicted molar refractivity (Wildman–Crippen MR) is 112 cm³/mol. The summed E-state index contributed by atoms with van der Waals surface area (Å²) < 4.78 is 26.6. The third-order valence-corrected chi connectivity index (χ3v) is 7.22. The molecule has 0 atom stereocenters. The maximum absolute atomic E-state index is 13.5. The molecule has 0 aromatic heterocycles. The molecule has 28 heavy (non-hydrogen) atoms. The summed E-state index contributed by atoms with van der Waals surface area (Å²) in [7, 11) is 0. The van der Waals surface area contributed by atoms with E-state index in [1.165, 1.54) is 69.1 Å². The average Bonchev–Trinajstić information content (AvgIpc) is 2.76. The summed E-state index contributed by atoms with van der Waals surface area (Å²) in [6.07, 6.45) is 12.8. The normalized spacial score (nSPS) is 28.1. The van der Waals surface area contributed by atoms with Gasteiger partial charge in [-0.1, -0.05) is 36.4 Å². The molecular weight excluding hydrogens is 350 g/mol. The van der Waals surface area contributed by atoms with Gasteiger partial charge >= 0.3 is 0 Å². The van der Waals surface area contributed by atoms with Crippen molar-refractivity contribution in [3.63, 3.8) is 0 Å². The highest BCUT2D eigenvalue weighted by molar-refractivity contribution is 5.63. The van der Waals surface area contributed by atoms with Crippen molar-refractivity contribution in [1.29, 1.82) is 0 Å². The van der Waals surface area contributed by atoms with E-state index in [2.05, 4.69) is 24.8 Å². The zero-order chi connectivity index (χ0) is 19.5. The molecule has 0 amide bonds. The maximum Gasteiger partial charge on any atom is 0.159 e. The highest BCUT2D eigenvalue weighted by Gasteiger charge is 2.30. The lowest BCUT2D eigenvalue weighted by molar-refractivity contribution is 0.171. The summed E-state index contributed by atoms with van der Waals surface area (Å²) >= 11 is 0. The van der Waals surface area contributed by atoms with Crippen LogP contribution in [0.3, 0.4) is 0 Å². The van der Waals surface area contributed by atoms with Crippen molar-refractivity contribution < 1.29 is 8.78 Å². The molecule has 0 nitrogen and oxygen atoms in total. The second-order valence-electron chi connectivity index (χ2n) is 8.77. The van der Waals surface area contributed by atoms with Gasteiger partial charge in [0, 0.05) is 0 Å². The van der Waals surface area contributed by atoms with Crippen molar-refractivity contribution >= 4 is 0 Å². The van der Waals surface area contributed by atoms with Crippen LogP contribution in [0.5, 0.6) is 0 Å². The SMILES string of the molecule is C=CC1CCC(C2CCC(c3ccc(-c4ccc(F)c(F)c4)cc3)CC2)CC1. The van der Waals surface area contributed by atoms with Gasteiger partial charge in [-0.3, -0.25) is 0 Å². The maximum atomic E-state index is 13.5. The number of allylic oxidation sites excluding steroid dienone is 1. The van der Waals surface area contributed by atoms with Crippen molar-refractivity contribution in [3.8, 4) is 11.1 Å². The van der Waals surface area contributed by atoms with Crippen molar-refractivity contribution in [1.82, 2.24) is 0 Å². The van der Waals surface area contributed by atoms with E-state index in [1.54, 1.807) is 6.07 Å². The minimum Gasteiger partial charge on any atom is -0.204 e. The predicted octanol–water partition coefficient (Wildman–Crippen LogP) is 7.90. The van der Waals surface area contributed by atoms with Crippen LogP contribution < -0.4 is 0 Å². The van der Waals surface area contributed by atoms with E-state index in [4.69, 9.17) is 0 Å². The Morgan fingerprint density at radius 3 is 1.82 bits per heavy atom. The van der Waals surface area contributed by atoms with Crippen LogP contribution in [0.2, 0.25) is 0 Å². The largest absolute Gasteiger partial charge is 0.204 e. The fourth-order valence-corrected chi connectivity index (χ4v) is 5.40. The first kappa shape index (κ1) is 19.4. The smallest absolute Gasteiger partial charge is 0.159 e. The fourth-order valence-electron chi connectivity index (χ4n) is 5.40. The lowest BCUT2D eigenvalue weighted by Gasteiger charge is -2.37. The van der Waals surface area contributed by atoms with Crippen LogP contribution in [0.25, 0.3) is 11.1 Å². The molecular formula is C26H30F2. The Morgan fingerprint density at radius 2 is 1.25 bits per heavy atom. The lowest BCUT2D eigenvalue weighted by Crippen LogP contribution is -2.25. The Labute approximate surface area is 167 Å². The summed E-state index contributed by atoms with van der Waals surface area (Å²) in [5, 5.41) is 0. The van der Waals surface area contributed by atoms with Crippen LogP contribution in [0.15, 0.2) is 55.1 Å². The Bertz CT molecular complexity index is 792. The monoisotopic (exact) mass is 380 g/mol. The third kappa shape index (κ3) is 4.21. The Morgan fingerprint density at radius 1 is 0.679 bits per heavy atom. The van der Waals surface area contributed by atoms with Crippen LogP contribution in [-0.2, 0) is 0 Å².